The number of aromatic nitrogens is 2. The zero-order valence-corrected chi connectivity index (χ0v) is 19.3. The van der Waals surface area contributed by atoms with Crippen molar-refractivity contribution in [3.8, 4) is 18.1 Å². The molecule has 1 aliphatic rings. The van der Waals surface area contributed by atoms with E-state index in [0.29, 0.717) is 16.4 Å². The SMILES string of the molecule is C#CC(C)(C)N1CC(OC(=O)c2ccc(OC)cc2)N(c2nnc(C(C)(C)C)s2)C1=O. The molecule has 2 aromatic rings. The van der Waals surface area contributed by atoms with Gasteiger partial charge < -0.3 is 14.4 Å². The van der Waals surface area contributed by atoms with Crippen LogP contribution >= 0.6 is 11.3 Å². The number of anilines is 1. The number of rotatable bonds is 5. The minimum absolute atomic E-state index is 0.113. The Morgan fingerprint density at radius 3 is 2.35 bits per heavy atom. The van der Waals surface area contributed by atoms with E-state index in [2.05, 4.69) is 16.1 Å². The third kappa shape index (κ3) is 4.49. The number of methoxy groups -OCH3 is 1. The Kier molecular flexibility index (Phi) is 5.96. The minimum atomic E-state index is -0.893. The Hall–Kier alpha value is -3.12. The summed E-state index contributed by atoms with van der Waals surface area (Å²) in [7, 11) is 1.55. The van der Waals surface area contributed by atoms with Gasteiger partial charge in [0.1, 0.15) is 16.3 Å². The number of esters is 1. The summed E-state index contributed by atoms with van der Waals surface area (Å²) in [5.74, 6) is 2.69. The fourth-order valence-corrected chi connectivity index (χ4v) is 3.88. The van der Waals surface area contributed by atoms with Gasteiger partial charge >= 0.3 is 12.0 Å². The Bertz CT molecular complexity index is 1020. The summed E-state index contributed by atoms with van der Waals surface area (Å²) in [5.41, 5.74) is -0.754. The van der Waals surface area contributed by atoms with Gasteiger partial charge in [0.25, 0.3) is 0 Å². The summed E-state index contributed by atoms with van der Waals surface area (Å²) >= 11 is 1.29. The summed E-state index contributed by atoms with van der Waals surface area (Å²) in [6, 6.07) is 6.17. The van der Waals surface area contributed by atoms with E-state index >= 15 is 0 Å². The molecule has 2 amide bonds. The highest BCUT2D eigenvalue weighted by atomic mass is 32.1. The van der Waals surface area contributed by atoms with Gasteiger partial charge in [0.05, 0.1) is 19.2 Å². The lowest BCUT2D eigenvalue weighted by Crippen LogP contribution is -2.45. The molecular formula is C22H26N4O4S. The van der Waals surface area contributed by atoms with Crippen molar-refractivity contribution < 1.29 is 19.1 Å². The summed E-state index contributed by atoms with van der Waals surface area (Å²) in [6.45, 7) is 9.67. The molecule has 0 spiro atoms. The number of urea groups is 1. The summed E-state index contributed by atoms with van der Waals surface area (Å²) in [5, 5.41) is 9.55. The number of hydrogen-bond donors (Lipinski definition) is 0. The molecule has 164 valence electrons. The number of carbonyl (C=O) groups excluding carboxylic acids is 2. The van der Waals surface area contributed by atoms with Crippen molar-refractivity contribution in [3.05, 3.63) is 34.8 Å². The van der Waals surface area contributed by atoms with Crippen LogP contribution in [0.2, 0.25) is 0 Å². The monoisotopic (exact) mass is 442 g/mol. The van der Waals surface area contributed by atoms with Crippen LogP contribution in [0, 0.1) is 12.3 Å². The fraction of sp³-hybridized carbons (Fsp3) is 0.455. The number of nitrogens with zero attached hydrogens (tertiary/aromatic N) is 4. The fourth-order valence-electron chi connectivity index (χ4n) is 2.94. The molecule has 2 heterocycles. The highest BCUT2D eigenvalue weighted by Crippen LogP contribution is 2.35. The standard InChI is InChI=1S/C22H26N4O4S/c1-8-22(5,6)25-13-16(30-17(27)14-9-11-15(29-7)12-10-14)26(20(25)28)19-24-23-18(31-19)21(2,3)4/h1,9-12,16H,13H2,2-7H3. The predicted molar refractivity (Wildman–Crippen MR) is 118 cm³/mol. The number of benzene rings is 1. The van der Waals surface area contributed by atoms with Crippen LogP contribution in [-0.2, 0) is 10.2 Å². The molecule has 1 unspecified atom stereocenters. The maximum absolute atomic E-state index is 13.3. The number of hydrogen-bond acceptors (Lipinski definition) is 7. The van der Waals surface area contributed by atoms with Gasteiger partial charge in [-0.15, -0.1) is 16.6 Å². The number of amides is 2. The average molecular weight is 443 g/mol. The van der Waals surface area contributed by atoms with Gasteiger partial charge in [-0.2, -0.15) is 0 Å². The van der Waals surface area contributed by atoms with E-state index in [0.717, 1.165) is 5.01 Å². The first-order valence-electron chi connectivity index (χ1n) is 9.75. The average Bonchev–Trinajstić information content (AvgIpc) is 3.33. The molecule has 31 heavy (non-hydrogen) atoms. The molecule has 9 heteroatoms. The van der Waals surface area contributed by atoms with E-state index < -0.39 is 17.7 Å². The smallest absolute Gasteiger partial charge is 0.340 e. The zero-order chi connectivity index (χ0) is 23.0. The Labute approximate surface area is 186 Å². The number of ether oxygens (including phenoxy) is 2. The normalized spacial score (nSPS) is 16.9. The van der Waals surface area contributed by atoms with Gasteiger partial charge in [-0.3, -0.25) is 0 Å². The van der Waals surface area contributed by atoms with Crippen molar-refractivity contribution >= 4 is 28.5 Å². The van der Waals surface area contributed by atoms with Crippen LogP contribution in [0.15, 0.2) is 24.3 Å². The van der Waals surface area contributed by atoms with Crippen molar-refractivity contribution in [2.24, 2.45) is 0 Å². The lowest BCUT2D eigenvalue weighted by atomic mass is 9.98. The van der Waals surface area contributed by atoms with Crippen molar-refractivity contribution in [2.75, 3.05) is 18.6 Å². The van der Waals surface area contributed by atoms with Crippen LogP contribution in [0.1, 0.15) is 50.0 Å². The van der Waals surface area contributed by atoms with Gasteiger partial charge in [-0.05, 0) is 38.1 Å². The first kappa shape index (κ1) is 22.6. The van der Waals surface area contributed by atoms with Crippen LogP contribution in [0.25, 0.3) is 0 Å². The molecule has 1 aliphatic heterocycles. The number of carbonyl (C=O) groups is 2. The van der Waals surface area contributed by atoms with Gasteiger partial charge in [0.2, 0.25) is 11.4 Å². The minimum Gasteiger partial charge on any atom is -0.497 e. The third-order valence-electron chi connectivity index (χ3n) is 4.92. The first-order chi connectivity index (χ1) is 14.5. The molecular weight excluding hydrogens is 416 g/mol. The highest BCUT2D eigenvalue weighted by Gasteiger charge is 2.47. The molecule has 1 aromatic heterocycles. The molecule has 0 radical (unpaired) electrons. The number of terminal acetylenes is 1. The van der Waals surface area contributed by atoms with E-state index in [9.17, 15) is 9.59 Å². The molecule has 3 rings (SSSR count). The predicted octanol–water partition coefficient (Wildman–Crippen LogP) is 3.68. The van der Waals surface area contributed by atoms with Crippen molar-refractivity contribution in [3.63, 3.8) is 0 Å². The highest BCUT2D eigenvalue weighted by molar-refractivity contribution is 7.15. The van der Waals surface area contributed by atoms with Crippen LogP contribution < -0.4 is 9.64 Å². The molecule has 0 saturated carbocycles. The van der Waals surface area contributed by atoms with Crippen LogP contribution in [0.3, 0.4) is 0 Å². The lowest BCUT2D eigenvalue weighted by Gasteiger charge is -2.29. The van der Waals surface area contributed by atoms with E-state index in [1.807, 2.05) is 20.8 Å². The summed E-state index contributed by atoms with van der Waals surface area (Å²) in [6.07, 6.45) is 4.76. The lowest BCUT2D eigenvalue weighted by molar-refractivity contribution is 0.0307. The summed E-state index contributed by atoms with van der Waals surface area (Å²) < 4.78 is 10.8. The van der Waals surface area contributed by atoms with Crippen molar-refractivity contribution in [1.29, 1.82) is 0 Å². The van der Waals surface area contributed by atoms with Crippen LogP contribution in [0.5, 0.6) is 5.75 Å². The molecule has 0 aliphatic carbocycles. The molecule has 0 N–H and O–H groups in total. The van der Waals surface area contributed by atoms with E-state index in [1.54, 1.807) is 45.2 Å². The maximum Gasteiger partial charge on any atom is 0.340 e. The zero-order valence-electron chi connectivity index (χ0n) is 18.5. The van der Waals surface area contributed by atoms with E-state index in [-0.39, 0.29) is 18.0 Å². The van der Waals surface area contributed by atoms with Crippen LogP contribution in [0.4, 0.5) is 9.93 Å². The third-order valence-corrected chi connectivity index (χ3v) is 6.27. The van der Waals surface area contributed by atoms with Crippen molar-refractivity contribution in [1.82, 2.24) is 15.1 Å². The van der Waals surface area contributed by atoms with E-state index in [4.69, 9.17) is 15.9 Å². The Morgan fingerprint density at radius 2 is 1.84 bits per heavy atom. The van der Waals surface area contributed by atoms with Gasteiger partial charge in [-0.1, -0.05) is 38.0 Å². The molecule has 1 aromatic carbocycles. The first-order valence-corrected chi connectivity index (χ1v) is 10.6. The second kappa shape index (κ2) is 8.19. The van der Waals surface area contributed by atoms with Crippen molar-refractivity contribution in [2.45, 2.75) is 51.8 Å². The molecule has 1 fully saturated rings. The molecule has 0 bridgehead atoms. The second-order valence-electron chi connectivity index (χ2n) is 8.69. The Balaban J connectivity index is 1.92. The van der Waals surface area contributed by atoms with Gasteiger partial charge in [0, 0.05) is 5.41 Å². The maximum atomic E-state index is 13.3. The molecule has 1 saturated heterocycles. The topological polar surface area (TPSA) is 84.9 Å². The van der Waals surface area contributed by atoms with Crippen LogP contribution in [-0.4, -0.2) is 52.5 Å². The van der Waals surface area contributed by atoms with Gasteiger partial charge in [-0.25, -0.2) is 14.5 Å². The Morgan fingerprint density at radius 1 is 1.19 bits per heavy atom. The summed E-state index contributed by atoms with van der Waals surface area (Å²) in [4.78, 5) is 28.9. The second-order valence-corrected chi connectivity index (χ2v) is 9.65. The largest absolute Gasteiger partial charge is 0.497 e. The molecule has 8 nitrogen and oxygen atoms in total. The molecule has 1 atom stereocenters. The quantitative estimate of drug-likeness (QED) is 0.519. The van der Waals surface area contributed by atoms with Gasteiger partial charge in [0.15, 0.2) is 0 Å². The van der Waals surface area contributed by atoms with E-state index in [1.165, 1.54) is 21.1 Å².